The van der Waals surface area contributed by atoms with Crippen LogP contribution in [0.1, 0.15) is 11.1 Å². The van der Waals surface area contributed by atoms with Gasteiger partial charge in [0, 0.05) is 10.7 Å². The maximum Gasteiger partial charge on any atom is 0.266 e. The van der Waals surface area contributed by atoms with Crippen molar-refractivity contribution in [3.8, 4) is 11.8 Å². The molecule has 0 aliphatic heterocycles. The van der Waals surface area contributed by atoms with E-state index >= 15 is 0 Å². The third-order valence-corrected chi connectivity index (χ3v) is 4.19. The van der Waals surface area contributed by atoms with E-state index in [4.69, 9.17) is 11.6 Å². The number of hydrogen-bond donors (Lipinski definition) is 2. The molecule has 0 atom stereocenters. The Kier molecular flexibility index (Phi) is 5.64. The Morgan fingerprint density at radius 3 is 2.74 bits per heavy atom. The van der Waals surface area contributed by atoms with Gasteiger partial charge in [0.05, 0.1) is 3.57 Å². The van der Waals surface area contributed by atoms with Crippen molar-refractivity contribution in [1.82, 2.24) is 0 Å². The monoisotopic (exact) mass is 438 g/mol. The normalized spacial score (nSPS) is 11.0. The van der Waals surface area contributed by atoms with Gasteiger partial charge in [0.15, 0.2) is 0 Å². The van der Waals surface area contributed by atoms with Crippen LogP contribution in [0.25, 0.3) is 6.08 Å². The van der Waals surface area contributed by atoms with Crippen LogP contribution in [0.2, 0.25) is 5.02 Å². The lowest BCUT2D eigenvalue weighted by Crippen LogP contribution is -2.14. The molecular weight excluding hydrogens is 427 g/mol. The molecule has 2 N–H and O–H groups in total. The van der Waals surface area contributed by atoms with Gasteiger partial charge in [-0.25, -0.2) is 0 Å². The van der Waals surface area contributed by atoms with E-state index < -0.39 is 5.91 Å². The Labute approximate surface area is 152 Å². The summed E-state index contributed by atoms with van der Waals surface area (Å²) >= 11 is 7.90. The molecule has 0 unspecified atom stereocenters. The van der Waals surface area contributed by atoms with E-state index in [9.17, 15) is 15.2 Å². The fourth-order valence-electron chi connectivity index (χ4n) is 1.85. The van der Waals surface area contributed by atoms with Gasteiger partial charge in [-0.3, -0.25) is 4.79 Å². The summed E-state index contributed by atoms with van der Waals surface area (Å²) in [6.45, 7) is 1.84. The maximum atomic E-state index is 12.3. The molecule has 2 rings (SSSR count). The quantitative estimate of drug-likeness (QED) is 0.421. The van der Waals surface area contributed by atoms with E-state index in [1.54, 1.807) is 30.3 Å². The van der Waals surface area contributed by atoms with Crippen molar-refractivity contribution in [2.24, 2.45) is 0 Å². The van der Waals surface area contributed by atoms with Crippen LogP contribution < -0.4 is 5.32 Å². The third-order valence-electron chi connectivity index (χ3n) is 3.10. The van der Waals surface area contributed by atoms with Crippen LogP contribution in [0.15, 0.2) is 42.0 Å². The Balaban J connectivity index is 2.28. The fraction of sp³-hybridized carbons (Fsp3) is 0.0588. The molecule has 6 heteroatoms. The van der Waals surface area contributed by atoms with Crippen molar-refractivity contribution in [2.75, 3.05) is 5.32 Å². The van der Waals surface area contributed by atoms with Gasteiger partial charge >= 0.3 is 0 Å². The van der Waals surface area contributed by atoms with Crippen LogP contribution in [0.3, 0.4) is 0 Å². The topological polar surface area (TPSA) is 73.1 Å². The number of carbonyl (C=O) groups is 1. The number of amides is 1. The van der Waals surface area contributed by atoms with E-state index in [0.29, 0.717) is 19.8 Å². The Morgan fingerprint density at radius 1 is 1.35 bits per heavy atom. The number of nitrogens with one attached hydrogen (secondary N) is 1. The van der Waals surface area contributed by atoms with E-state index in [1.165, 1.54) is 12.1 Å². The lowest BCUT2D eigenvalue weighted by molar-refractivity contribution is -0.112. The summed E-state index contributed by atoms with van der Waals surface area (Å²) < 4.78 is 0.639. The van der Waals surface area contributed by atoms with Gasteiger partial charge in [-0.15, -0.1) is 0 Å². The summed E-state index contributed by atoms with van der Waals surface area (Å²) in [6, 6.07) is 11.9. The zero-order chi connectivity index (χ0) is 17.0. The van der Waals surface area contributed by atoms with Gasteiger partial charge in [-0.1, -0.05) is 23.7 Å². The van der Waals surface area contributed by atoms with E-state index in [0.717, 1.165) is 5.56 Å². The number of benzene rings is 2. The van der Waals surface area contributed by atoms with Crippen LogP contribution in [-0.4, -0.2) is 11.0 Å². The maximum absolute atomic E-state index is 12.3. The predicted octanol–water partition coefficient (Wildman–Crippen LogP) is 4.50. The largest absolute Gasteiger partial charge is 0.507 e. The molecule has 0 aromatic heterocycles. The first-order valence-corrected chi connectivity index (χ1v) is 8.04. The fourth-order valence-corrected chi connectivity index (χ4v) is 2.56. The molecule has 0 fully saturated rings. The van der Waals surface area contributed by atoms with Gasteiger partial charge in [-0.05, 0) is 71.0 Å². The Morgan fingerprint density at radius 2 is 2.09 bits per heavy atom. The van der Waals surface area contributed by atoms with Crippen molar-refractivity contribution >= 4 is 51.9 Å². The molecule has 1 amide bonds. The molecule has 0 spiro atoms. The van der Waals surface area contributed by atoms with Crippen LogP contribution in [-0.2, 0) is 4.79 Å². The summed E-state index contributed by atoms with van der Waals surface area (Å²) in [4.78, 5) is 12.3. The number of phenolic OH excluding ortho intramolecular Hbond substituents is 1. The second-order valence-corrected chi connectivity index (χ2v) is 6.39. The predicted molar refractivity (Wildman–Crippen MR) is 99.2 cm³/mol. The number of aryl methyl sites for hydroxylation is 1. The van der Waals surface area contributed by atoms with Gasteiger partial charge in [0.1, 0.15) is 17.4 Å². The summed E-state index contributed by atoms with van der Waals surface area (Å²) in [6.07, 6.45) is 1.47. The number of nitrogens with zero attached hydrogens (tertiary/aromatic N) is 1. The highest BCUT2D eigenvalue weighted by atomic mass is 127. The average Bonchev–Trinajstić information content (AvgIpc) is 2.51. The molecule has 0 saturated carbocycles. The Bertz CT molecular complexity index is 841. The minimum absolute atomic E-state index is 0.0362. The highest BCUT2D eigenvalue weighted by Gasteiger charge is 2.11. The first-order valence-electron chi connectivity index (χ1n) is 6.58. The smallest absolute Gasteiger partial charge is 0.266 e. The Hall–Kier alpha value is -2.04. The summed E-state index contributed by atoms with van der Waals surface area (Å²) in [5.74, 6) is -0.360. The van der Waals surface area contributed by atoms with Crippen molar-refractivity contribution in [3.63, 3.8) is 0 Å². The van der Waals surface area contributed by atoms with Crippen molar-refractivity contribution in [1.29, 1.82) is 5.26 Å². The van der Waals surface area contributed by atoms with Crippen molar-refractivity contribution < 1.29 is 9.90 Å². The summed E-state index contributed by atoms with van der Waals surface area (Å²) in [5.41, 5.74) is 2.02. The number of hydrogen-bond acceptors (Lipinski definition) is 3. The number of halogens is 2. The van der Waals surface area contributed by atoms with E-state index in [-0.39, 0.29) is 11.3 Å². The highest BCUT2D eigenvalue weighted by Crippen LogP contribution is 2.23. The highest BCUT2D eigenvalue weighted by molar-refractivity contribution is 14.1. The molecule has 0 bridgehead atoms. The van der Waals surface area contributed by atoms with E-state index in [1.807, 2.05) is 35.6 Å². The summed E-state index contributed by atoms with van der Waals surface area (Å²) in [7, 11) is 0. The number of carbonyl (C=O) groups excluding carboxylic acids is 1. The first-order chi connectivity index (χ1) is 10.9. The van der Waals surface area contributed by atoms with Crippen LogP contribution in [0.4, 0.5) is 5.69 Å². The second kappa shape index (κ2) is 7.49. The molecule has 2 aromatic rings. The van der Waals surface area contributed by atoms with Crippen molar-refractivity contribution in [2.45, 2.75) is 6.92 Å². The van der Waals surface area contributed by atoms with Gasteiger partial charge in [-0.2, -0.15) is 5.26 Å². The van der Waals surface area contributed by atoms with Crippen molar-refractivity contribution in [3.05, 3.63) is 61.7 Å². The molecule has 0 radical (unpaired) electrons. The first kappa shape index (κ1) is 17.3. The van der Waals surface area contributed by atoms with Crippen LogP contribution in [0, 0.1) is 21.8 Å². The molecule has 0 heterocycles. The number of aromatic hydroxyl groups is 1. The number of anilines is 1. The third kappa shape index (κ3) is 4.47. The number of rotatable bonds is 3. The van der Waals surface area contributed by atoms with Crippen LogP contribution in [0.5, 0.6) is 5.75 Å². The van der Waals surface area contributed by atoms with Gasteiger partial charge < -0.3 is 10.4 Å². The van der Waals surface area contributed by atoms with Gasteiger partial charge in [0.25, 0.3) is 5.91 Å². The lowest BCUT2D eigenvalue weighted by atomic mass is 10.1. The summed E-state index contributed by atoms with van der Waals surface area (Å²) in [5, 5.41) is 21.9. The zero-order valence-electron chi connectivity index (χ0n) is 12.1. The molecule has 0 aliphatic rings. The van der Waals surface area contributed by atoms with E-state index in [2.05, 4.69) is 5.32 Å². The second-order valence-electron chi connectivity index (χ2n) is 4.79. The molecule has 2 aromatic carbocycles. The molecule has 23 heavy (non-hydrogen) atoms. The standard InChI is InChI=1S/C17H12ClIN2O2/c1-10-2-4-13(18)8-15(10)21-17(23)12(9-20)6-11-3-5-16(22)14(19)7-11/h2-8,22H,1H3,(H,21,23)/b12-6+. The minimum atomic E-state index is -0.513. The molecular formula is C17H12ClIN2O2. The number of nitriles is 1. The SMILES string of the molecule is Cc1ccc(Cl)cc1NC(=O)/C(C#N)=C/c1ccc(O)c(I)c1. The lowest BCUT2D eigenvalue weighted by Gasteiger charge is -2.08. The van der Waals surface area contributed by atoms with Gasteiger partial charge in [0.2, 0.25) is 0 Å². The molecule has 4 nitrogen and oxygen atoms in total. The van der Waals surface area contributed by atoms with Crippen LogP contribution >= 0.6 is 34.2 Å². The minimum Gasteiger partial charge on any atom is -0.507 e. The molecule has 0 aliphatic carbocycles. The number of phenols is 1. The average molecular weight is 439 g/mol. The zero-order valence-corrected chi connectivity index (χ0v) is 15.0. The molecule has 116 valence electrons. The molecule has 0 saturated heterocycles.